The number of halogens is 1. The van der Waals surface area contributed by atoms with Crippen molar-refractivity contribution in [1.29, 1.82) is 0 Å². The van der Waals surface area contributed by atoms with Gasteiger partial charge in [-0.2, -0.15) is 0 Å². The Morgan fingerprint density at radius 3 is 2.67 bits per heavy atom. The first-order chi connectivity index (χ1) is 5.62. The molecule has 2 heteroatoms. The van der Waals surface area contributed by atoms with E-state index in [9.17, 15) is 0 Å². The van der Waals surface area contributed by atoms with Crippen molar-refractivity contribution in [1.82, 2.24) is 0 Å². The first kappa shape index (κ1) is 8.85. The molecule has 68 valence electrons. The molecule has 12 heavy (non-hydrogen) atoms. The van der Waals surface area contributed by atoms with Gasteiger partial charge in [-0.3, -0.25) is 0 Å². The quantitative estimate of drug-likeness (QED) is 0.528. The summed E-state index contributed by atoms with van der Waals surface area (Å²) in [6, 6.07) is 0. The highest BCUT2D eigenvalue weighted by atomic mass is 127. The van der Waals surface area contributed by atoms with Crippen molar-refractivity contribution in [3.05, 3.63) is 12.3 Å². The molecule has 0 N–H and O–H groups in total. The van der Waals surface area contributed by atoms with E-state index >= 15 is 0 Å². The number of hydrogen-bond donors (Lipinski definition) is 0. The first-order valence-corrected chi connectivity index (χ1v) is 5.86. The van der Waals surface area contributed by atoms with Crippen molar-refractivity contribution >= 4 is 22.6 Å². The molecular weight excluding hydrogens is 263 g/mol. The normalized spacial score (nSPS) is 39.0. The SMILES string of the molecule is C=C1O[C@H](C2(C)CC2)CCC1I. The predicted molar refractivity (Wildman–Crippen MR) is 58.4 cm³/mol. The molecule has 2 rings (SSSR count). The largest absolute Gasteiger partial charge is 0.494 e. The molecular formula is C10H15IO. The minimum absolute atomic E-state index is 0.469. The van der Waals surface area contributed by atoms with Gasteiger partial charge in [-0.1, -0.05) is 36.1 Å². The molecule has 1 unspecified atom stereocenters. The lowest BCUT2D eigenvalue weighted by Crippen LogP contribution is -2.30. The summed E-state index contributed by atoms with van der Waals surface area (Å²) in [4.78, 5) is 0. The number of hydrogen-bond acceptors (Lipinski definition) is 1. The molecule has 1 heterocycles. The summed E-state index contributed by atoms with van der Waals surface area (Å²) >= 11 is 2.42. The van der Waals surface area contributed by atoms with Gasteiger partial charge in [-0.05, 0) is 25.7 Å². The highest BCUT2D eigenvalue weighted by Gasteiger charge is 2.47. The van der Waals surface area contributed by atoms with E-state index in [4.69, 9.17) is 4.74 Å². The number of ether oxygens (including phenoxy) is 1. The molecule has 1 nitrogen and oxygen atoms in total. The van der Waals surface area contributed by atoms with E-state index in [0.29, 0.717) is 15.4 Å². The Labute approximate surface area is 87.7 Å². The van der Waals surface area contributed by atoms with Crippen LogP contribution in [0.2, 0.25) is 0 Å². The number of allylic oxidation sites excluding steroid dienone is 1. The van der Waals surface area contributed by atoms with Gasteiger partial charge in [0, 0.05) is 5.41 Å². The average Bonchev–Trinajstić information content (AvgIpc) is 2.75. The van der Waals surface area contributed by atoms with Crippen LogP contribution in [0, 0.1) is 5.41 Å². The standard InChI is InChI=1S/C10H15IO/c1-7-8(11)3-4-9(12-7)10(2)5-6-10/h8-9H,1,3-6H2,2H3/t8?,9-/m0/s1. The van der Waals surface area contributed by atoms with E-state index < -0.39 is 0 Å². The smallest absolute Gasteiger partial charge is 0.104 e. The molecule has 1 aliphatic heterocycles. The molecule has 0 aromatic heterocycles. The average molecular weight is 278 g/mol. The van der Waals surface area contributed by atoms with Gasteiger partial charge >= 0.3 is 0 Å². The summed E-state index contributed by atoms with van der Waals surface area (Å²) in [5.74, 6) is 1.000. The molecule has 1 saturated carbocycles. The van der Waals surface area contributed by atoms with Gasteiger partial charge in [-0.25, -0.2) is 0 Å². The minimum Gasteiger partial charge on any atom is -0.494 e. The summed E-state index contributed by atoms with van der Waals surface area (Å²) in [7, 11) is 0. The Morgan fingerprint density at radius 2 is 2.17 bits per heavy atom. The van der Waals surface area contributed by atoms with Crippen molar-refractivity contribution in [2.24, 2.45) is 5.41 Å². The van der Waals surface area contributed by atoms with Crippen molar-refractivity contribution < 1.29 is 4.74 Å². The third kappa shape index (κ3) is 1.50. The molecule has 0 spiro atoms. The van der Waals surface area contributed by atoms with Crippen molar-refractivity contribution in [2.45, 2.75) is 42.6 Å². The summed E-state index contributed by atoms with van der Waals surface area (Å²) in [6.07, 6.45) is 5.63. The fourth-order valence-corrected chi connectivity index (χ4v) is 2.29. The van der Waals surface area contributed by atoms with E-state index in [1.54, 1.807) is 0 Å². The van der Waals surface area contributed by atoms with E-state index in [2.05, 4.69) is 36.1 Å². The van der Waals surface area contributed by atoms with Gasteiger partial charge in [-0.15, -0.1) is 0 Å². The molecule has 0 bridgehead atoms. The van der Waals surface area contributed by atoms with Crippen LogP contribution >= 0.6 is 22.6 Å². The van der Waals surface area contributed by atoms with E-state index in [1.165, 1.54) is 25.7 Å². The highest BCUT2D eigenvalue weighted by Crippen LogP contribution is 2.52. The second-order valence-electron chi connectivity index (χ2n) is 4.27. The molecule has 0 aromatic carbocycles. The van der Waals surface area contributed by atoms with Crippen molar-refractivity contribution in [3.8, 4) is 0 Å². The van der Waals surface area contributed by atoms with Crippen LogP contribution in [0.1, 0.15) is 32.6 Å². The Kier molecular flexibility index (Phi) is 2.13. The molecule has 0 amide bonds. The summed E-state index contributed by atoms with van der Waals surface area (Å²) in [5.41, 5.74) is 0.500. The maximum absolute atomic E-state index is 5.82. The number of alkyl halides is 1. The van der Waals surface area contributed by atoms with Gasteiger partial charge in [0.2, 0.25) is 0 Å². The van der Waals surface area contributed by atoms with Gasteiger partial charge in [0.1, 0.15) is 11.9 Å². The molecule has 1 saturated heterocycles. The van der Waals surface area contributed by atoms with Crippen LogP contribution in [0.25, 0.3) is 0 Å². The maximum Gasteiger partial charge on any atom is 0.104 e. The van der Waals surface area contributed by atoms with Gasteiger partial charge in [0.15, 0.2) is 0 Å². The predicted octanol–water partition coefficient (Wildman–Crippen LogP) is 3.28. The molecule has 2 fully saturated rings. The van der Waals surface area contributed by atoms with Gasteiger partial charge < -0.3 is 4.74 Å². The Bertz CT molecular complexity index is 208. The van der Waals surface area contributed by atoms with Crippen LogP contribution in [-0.4, -0.2) is 10.0 Å². The van der Waals surface area contributed by atoms with Crippen molar-refractivity contribution in [3.63, 3.8) is 0 Å². The second kappa shape index (κ2) is 2.89. The maximum atomic E-state index is 5.82. The summed E-state index contributed by atoms with van der Waals surface area (Å²) in [5, 5.41) is 0. The molecule has 2 atom stereocenters. The van der Waals surface area contributed by atoms with E-state index in [-0.39, 0.29) is 0 Å². The summed E-state index contributed by atoms with van der Waals surface area (Å²) in [6.45, 7) is 6.29. The lowest BCUT2D eigenvalue weighted by Gasteiger charge is -2.32. The van der Waals surface area contributed by atoms with Crippen LogP contribution in [0.4, 0.5) is 0 Å². The van der Waals surface area contributed by atoms with E-state index in [1.807, 2.05) is 0 Å². The minimum atomic E-state index is 0.469. The van der Waals surface area contributed by atoms with Crippen LogP contribution in [0.5, 0.6) is 0 Å². The number of rotatable bonds is 1. The molecule has 1 aliphatic carbocycles. The van der Waals surface area contributed by atoms with Crippen LogP contribution < -0.4 is 0 Å². The zero-order valence-corrected chi connectivity index (χ0v) is 9.63. The van der Waals surface area contributed by atoms with Crippen LogP contribution in [0.15, 0.2) is 12.3 Å². The van der Waals surface area contributed by atoms with Gasteiger partial charge in [0.05, 0.1) is 3.92 Å². The van der Waals surface area contributed by atoms with Crippen molar-refractivity contribution in [2.75, 3.05) is 0 Å². The third-order valence-electron chi connectivity index (χ3n) is 3.14. The molecule has 2 aliphatic rings. The zero-order valence-electron chi connectivity index (χ0n) is 7.48. The summed E-state index contributed by atoms with van der Waals surface area (Å²) < 4.78 is 6.37. The Balaban J connectivity index is 1.98. The lowest BCUT2D eigenvalue weighted by molar-refractivity contribution is 0.0285. The first-order valence-electron chi connectivity index (χ1n) is 4.61. The highest BCUT2D eigenvalue weighted by molar-refractivity contribution is 14.1. The fourth-order valence-electron chi connectivity index (χ4n) is 1.78. The Morgan fingerprint density at radius 1 is 1.50 bits per heavy atom. The van der Waals surface area contributed by atoms with Crippen LogP contribution in [0.3, 0.4) is 0 Å². The van der Waals surface area contributed by atoms with E-state index in [0.717, 1.165) is 5.76 Å². The Hall–Kier alpha value is 0.270. The third-order valence-corrected chi connectivity index (χ3v) is 4.46. The molecule has 0 radical (unpaired) electrons. The molecule has 0 aromatic rings. The lowest BCUT2D eigenvalue weighted by atomic mass is 9.94. The van der Waals surface area contributed by atoms with Gasteiger partial charge in [0.25, 0.3) is 0 Å². The van der Waals surface area contributed by atoms with Crippen LogP contribution in [-0.2, 0) is 4.74 Å². The fraction of sp³-hybridized carbons (Fsp3) is 0.800. The monoisotopic (exact) mass is 278 g/mol. The topological polar surface area (TPSA) is 9.23 Å². The second-order valence-corrected chi connectivity index (χ2v) is 5.78. The zero-order chi connectivity index (χ0) is 8.77.